The molecule has 0 nitrogen and oxygen atoms in total. The van der Waals surface area contributed by atoms with E-state index in [9.17, 15) is 8.78 Å². The highest BCUT2D eigenvalue weighted by Gasteiger charge is 2.00. The predicted molar refractivity (Wildman–Crippen MR) is 402 cm³/mol. The average Bonchev–Trinajstić information content (AvgIpc) is 4.45. The summed E-state index contributed by atoms with van der Waals surface area (Å²) in [5.74, 6) is -0.284. The van der Waals surface area contributed by atoms with Crippen LogP contribution in [0.25, 0.3) is 70.6 Å². The summed E-state index contributed by atoms with van der Waals surface area (Å²) in [5, 5.41) is 24.3. The van der Waals surface area contributed by atoms with E-state index >= 15 is 0 Å². The first-order chi connectivity index (χ1) is 41.1. The van der Waals surface area contributed by atoms with Crippen LogP contribution in [0.3, 0.4) is 0 Å². The Morgan fingerprint density at radius 1 is 0.321 bits per heavy atom. The van der Waals surface area contributed by atoms with Gasteiger partial charge in [0.1, 0.15) is 11.6 Å². The van der Waals surface area contributed by atoms with Crippen molar-refractivity contribution in [2.24, 2.45) is 0 Å². The molecule has 13 heteroatoms. The fourth-order valence-electron chi connectivity index (χ4n) is 6.74. The number of benzene rings is 7. The Bertz CT molecular complexity index is 3420. The van der Waals surface area contributed by atoms with Gasteiger partial charge in [0.05, 0.1) is 0 Å². The first-order valence-electron chi connectivity index (χ1n) is 28.3. The summed E-state index contributed by atoms with van der Waals surface area (Å²) in [6.45, 7) is 30.1. The molecule has 0 bridgehead atoms. The number of hydrogen-bond donors (Lipinski definition) is 0. The van der Waals surface area contributed by atoms with Crippen molar-refractivity contribution < 1.29 is 8.78 Å². The van der Waals surface area contributed by atoms with Crippen molar-refractivity contribution in [1.82, 2.24) is 0 Å². The lowest BCUT2D eigenvalue weighted by molar-refractivity contribution is 0.630. The third kappa shape index (κ3) is 26.3. The first-order valence-corrected chi connectivity index (χ1v) is 36.8. The molecule has 7 heterocycles. The summed E-state index contributed by atoms with van der Waals surface area (Å²) < 4.78 is 36.3. The number of thiophene rings is 7. The molecule has 0 aliphatic carbocycles. The van der Waals surface area contributed by atoms with Crippen LogP contribution >= 0.6 is 134 Å². The van der Waals surface area contributed by atoms with Gasteiger partial charge in [0.25, 0.3) is 0 Å². The molecule has 84 heavy (non-hydrogen) atoms. The summed E-state index contributed by atoms with van der Waals surface area (Å²) >= 11 is 30.5. The standard InChI is InChI=1S/C9H8S.2C8H5BrS.2C8H5ClS.2C8H5FS.7C2H6/c1-7-2-3-9-8(6-7)4-5-10-9;9-7-2-1-6-3-4-10-8(6)5-7;9-7-2-1-3-8-6(7)4-5-10-8;9-7-2-1-6-3-4-10-8(6)5-7;9-7-2-1-3-8-6(7)4-5-10-8;9-7-2-1-6-3-4-10-8(6)5-7;9-7-2-1-3-8-6(7)4-5-10-8;7*1-2/h2-6H,1H3;6*1-5H;7*1-2H3. The van der Waals surface area contributed by atoms with Crippen LogP contribution in [0.15, 0.2) is 216 Å². The van der Waals surface area contributed by atoms with E-state index in [1.165, 1.54) is 67.2 Å². The highest BCUT2D eigenvalue weighted by Crippen LogP contribution is 2.30. The molecule has 0 aliphatic heterocycles. The monoisotopic (exact) mass is 1420 g/mol. The lowest BCUT2D eigenvalue weighted by Crippen LogP contribution is -1.70. The average molecular weight is 1430 g/mol. The van der Waals surface area contributed by atoms with Crippen molar-refractivity contribution >= 4 is 205 Å². The van der Waals surface area contributed by atoms with Crippen molar-refractivity contribution in [1.29, 1.82) is 0 Å². The quantitative estimate of drug-likeness (QED) is 0.142. The predicted octanol–water partition coefficient (Wildman–Crippen LogP) is 30.9. The number of halogens is 6. The lowest BCUT2D eigenvalue weighted by atomic mass is 10.2. The highest BCUT2D eigenvalue weighted by atomic mass is 79.9. The zero-order valence-electron chi connectivity index (χ0n) is 50.8. The van der Waals surface area contributed by atoms with Crippen molar-refractivity contribution in [2.45, 2.75) is 104 Å². The molecule has 0 N–H and O–H groups in total. The minimum Gasteiger partial charge on any atom is -0.207 e. The second-order valence-electron chi connectivity index (χ2n) is 15.0. The SMILES string of the molecule is Brc1ccc2ccsc2c1.Brc1cccc2sccc12.CC.CC.CC.CC.CC.CC.CC.Cc1ccc2sccc2c1.Clc1ccc2ccsc2c1.Clc1cccc2sccc12.Fc1ccc2ccsc2c1.Fc1cccc2sccc12. The number of rotatable bonds is 0. The van der Waals surface area contributed by atoms with E-state index in [2.05, 4.69) is 151 Å². The van der Waals surface area contributed by atoms with Crippen LogP contribution in [-0.2, 0) is 0 Å². The molecular formula is C71H80Br2Cl2F2S7. The first kappa shape index (κ1) is 77.7. The third-order valence-corrected chi connectivity index (χ3v) is 18.1. The van der Waals surface area contributed by atoms with Crippen LogP contribution in [0, 0.1) is 18.6 Å². The van der Waals surface area contributed by atoms with E-state index in [4.69, 9.17) is 23.2 Å². The summed E-state index contributed by atoms with van der Waals surface area (Å²) in [4.78, 5) is 0. The Kier molecular flexibility index (Phi) is 43.3. The minimum atomic E-state index is -0.157. The molecular weight excluding hydrogens is 1350 g/mol. The van der Waals surface area contributed by atoms with Crippen molar-refractivity contribution in [3.8, 4) is 0 Å². The topological polar surface area (TPSA) is 0 Å². The molecule has 0 aliphatic rings. The number of hydrogen-bond acceptors (Lipinski definition) is 7. The van der Waals surface area contributed by atoms with Crippen LogP contribution < -0.4 is 0 Å². The molecule has 0 unspecified atom stereocenters. The van der Waals surface area contributed by atoms with Crippen LogP contribution in [0.4, 0.5) is 8.78 Å². The Morgan fingerprint density at radius 3 is 1.26 bits per heavy atom. The molecule has 448 valence electrons. The third-order valence-electron chi connectivity index (χ3n) is 10.2. The van der Waals surface area contributed by atoms with E-state index in [1.807, 2.05) is 156 Å². The molecule has 0 amide bonds. The van der Waals surface area contributed by atoms with E-state index in [0.717, 1.165) is 40.1 Å². The maximum absolute atomic E-state index is 12.8. The summed E-state index contributed by atoms with van der Waals surface area (Å²) in [7, 11) is 0. The summed E-state index contributed by atoms with van der Waals surface area (Å²) in [6, 6.07) is 55.3. The van der Waals surface area contributed by atoms with Gasteiger partial charge in [-0.25, -0.2) is 8.78 Å². The fraction of sp³-hybridized carbons (Fsp3) is 0.211. The summed E-state index contributed by atoms with van der Waals surface area (Å²) in [5.41, 5.74) is 1.34. The van der Waals surface area contributed by atoms with Crippen LogP contribution in [0.1, 0.15) is 102 Å². The molecule has 0 saturated heterocycles. The van der Waals surface area contributed by atoms with Gasteiger partial charge in [0.15, 0.2) is 0 Å². The highest BCUT2D eigenvalue weighted by molar-refractivity contribution is 9.11. The van der Waals surface area contributed by atoms with Gasteiger partial charge in [-0.2, -0.15) is 0 Å². The Morgan fingerprint density at radius 2 is 0.726 bits per heavy atom. The second kappa shape index (κ2) is 46.8. The van der Waals surface area contributed by atoms with Crippen LogP contribution in [0.5, 0.6) is 0 Å². The van der Waals surface area contributed by atoms with Gasteiger partial charge in [-0.3, -0.25) is 0 Å². The van der Waals surface area contributed by atoms with Gasteiger partial charge in [-0.05, 0) is 187 Å². The van der Waals surface area contributed by atoms with Gasteiger partial charge < -0.3 is 0 Å². The van der Waals surface area contributed by atoms with E-state index in [-0.39, 0.29) is 11.6 Å². The molecule has 14 aromatic rings. The molecule has 7 aromatic heterocycles. The largest absolute Gasteiger partial charge is 0.207 e. The van der Waals surface area contributed by atoms with Crippen molar-refractivity contribution in [3.05, 3.63) is 244 Å². The zero-order chi connectivity index (χ0) is 62.8. The van der Waals surface area contributed by atoms with Crippen molar-refractivity contribution in [3.63, 3.8) is 0 Å². The van der Waals surface area contributed by atoms with Gasteiger partial charge in [0, 0.05) is 68.0 Å². The van der Waals surface area contributed by atoms with Gasteiger partial charge in [-0.15, -0.1) is 79.4 Å². The Balaban J connectivity index is 0.000000473. The van der Waals surface area contributed by atoms with Crippen molar-refractivity contribution in [2.75, 3.05) is 0 Å². The smallest absolute Gasteiger partial charge is 0.131 e. The minimum absolute atomic E-state index is 0.126. The van der Waals surface area contributed by atoms with E-state index in [1.54, 1.807) is 104 Å². The molecule has 14 rings (SSSR count). The molecule has 7 aromatic carbocycles. The molecule has 0 atom stereocenters. The van der Waals surface area contributed by atoms with Gasteiger partial charge in [0.2, 0.25) is 0 Å². The van der Waals surface area contributed by atoms with E-state index < -0.39 is 0 Å². The number of fused-ring (bicyclic) bond motifs is 7. The molecule has 0 fully saturated rings. The summed E-state index contributed by atoms with van der Waals surface area (Å²) in [6.07, 6.45) is 0. The van der Waals surface area contributed by atoms with Crippen LogP contribution in [-0.4, -0.2) is 0 Å². The Labute approximate surface area is 555 Å². The van der Waals surface area contributed by atoms with Crippen LogP contribution in [0.2, 0.25) is 10.0 Å². The van der Waals surface area contributed by atoms with E-state index in [0.29, 0.717) is 0 Å². The maximum atomic E-state index is 12.8. The van der Waals surface area contributed by atoms with Gasteiger partial charge in [-0.1, -0.05) is 206 Å². The molecule has 0 spiro atoms. The molecule has 0 radical (unpaired) electrons. The van der Waals surface area contributed by atoms with Gasteiger partial charge >= 0.3 is 0 Å². The number of aryl methyl sites for hydroxylation is 1. The normalized spacial score (nSPS) is 9.25. The maximum Gasteiger partial charge on any atom is 0.131 e. The molecule has 0 saturated carbocycles. The zero-order valence-corrected chi connectivity index (χ0v) is 61.2. The lowest BCUT2D eigenvalue weighted by Gasteiger charge is -1.89. The fourth-order valence-corrected chi connectivity index (χ4v) is 14.1. The second-order valence-corrected chi connectivity index (χ2v) is 24.2. The Hall–Kier alpha value is -4.34.